The van der Waals surface area contributed by atoms with E-state index >= 15 is 0 Å². The van der Waals surface area contributed by atoms with Crippen LogP contribution in [0.3, 0.4) is 0 Å². The fraction of sp³-hybridized carbons (Fsp3) is 0.0909. The Balaban J connectivity index is 1.90. The molecule has 0 radical (unpaired) electrons. The zero-order valence-electron chi connectivity index (χ0n) is 14.7. The number of carbonyl (C=O) groups excluding carboxylic acids is 2. The summed E-state index contributed by atoms with van der Waals surface area (Å²) in [6, 6.07) is 17.2. The van der Waals surface area contributed by atoms with Crippen LogP contribution in [0, 0.1) is 5.82 Å². The number of ketones is 1. The smallest absolute Gasteiger partial charge is 0.295 e. The SMILES string of the molecule is O=C1C(=O)N(Cc2cccs2)C(c2ccccc2F)/C1=C(/O)c1ccccc1. The molecule has 1 saturated heterocycles. The predicted molar refractivity (Wildman–Crippen MR) is 105 cm³/mol. The summed E-state index contributed by atoms with van der Waals surface area (Å²) in [5.41, 5.74) is 0.478. The fourth-order valence-electron chi connectivity index (χ4n) is 3.39. The van der Waals surface area contributed by atoms with Crippen molar-refractivity contribution in [1.82, 2.24) is 4.90 Å². The van der Waals surface area contributed by atoms with Crippen LogP contribution in [0.5, 0.6) is 0 Å². The average Bonchev–Trinajstić information content (AvgIpc) is 3.31. The molecule has 4 rings (SSSR count). The van der Waals surface area contributed by atoms with Crippen molar-refractivity contribution >= 4 is 28.8 Å². The van der Waals surface area contributed by atoms with Crippen molar-refractivity contribution in [3.63, 3.8) is 0 Å². The summed E-state index contributed by atoms with van der Waals surface area (Å²) < 4.78 is 14.6. The van der Waals surface area contributed by atoms with Gasteiger partial charge in [0.05, 0.1) is 18.2 Å². The Bertz CT molecular complexity index is 1060. The molecule has 1 atom stereocenters. The van der Waals surface area contributed by atoms with Crippen molar-refractivity contribution < 1.29 is 19.1 Å². The number of thiophene rings is 1. The molecule has 0 saturated carbocycles. The van der Waals surface area contributed by atoms with Gasteiger partial charge in [-0.15, -0.1) is 11.3 Å². The Kier molecular flexibility index (Phi) is 4.79. The standard InChI is InChI=1S/C22H16FNO3S/c23-17-11-5-4-10-16(17)19-18(20(25)14-7-2-1-3-8-14)21(26)22(27)24(19)13-15-9-6-12-28-15/h1-12,19,25H,13H2/b20-18-. The van der Waals surface area contributed by atoms with Crippen molar-refractivity contribution in [3.8, 4) is 0 Å². The summed E-state index contributed by atoms with van der Waals surface area (Å²) in [5.74, 6) is -2.41. The van der Waals surface area contributed by atoms with Crippen LogP contribution in [0.2, 0.25) is 0 Å². The molecule has 2 heterocycles. The lowest BCUT2D eigenvalue weighted by atomic mass is 9.95. The second-order valence-electron chi connectivity index (χ2n) is 6.39. The Hall–Kier alpha value is -3.25. The number of benzene rings is 2. The molecule has 0 spiro atoms. The second-order valence-corrected chi connectivity index (χ2v) is 7.43. The minimum Gasteiger partial charge on any atom is -0.507 e. The third-order valence-electron chi connectivity index (χ3n) is 4.69. The molecule has 28 heavy (non-hydrogen) atoms. The topological polar surface area (TPSA) is 57.6 Å². The quantitative estimate of drug-likeness (QED) is 0.403. The molecule has 1 unspecified atom stereocenters. The van der Waals surface area contributed by atoms with Gasteiger partial charge in [0, 0.05) is 16.0 Å². The number of aliphatic hydroxyl groups is 1. The summed E-state index contributed by atoms with van der Waals surface area (Å²) >= 11 is 1.44. The first kappa shape index (κ1) is 18.1. The van der Waals surface area contributed by atoms with Gasteiger partial charge in [0.2, 0.25) is 0 Å². The highest BCUT2D eigenvalue weighted by Crippen LogP contribution is 2.41. The lowest BCUT2D eigenvalue weighted by molar-refractivity contribution is -0.140. The van der Waals surface area contributed by atoms with E-state index in [-0.39, 0.29) is 23.4 Å². The Morgan fingerprint density at radius 2 is 1.71 bits per heavy atom. The molecular formula is C22H16FNO3S. The molecule has 140 valence electrons. The van der Waals surface area contributed by atoms with Crippen LogP contribution in [-0.2, 0) is 16.1 Å². The van der Waals surface area contributed by atoms with E-state index in [1.165, 1.54) is 28.4 Å². The first-order chi connectivity index (χ1) is 13.6. The van der Waals surface area contributed by atoms with Gasteiger partial charge in [-0.25, -0.2) is 4.39 Å². The highest BCUT2D eigenvalue weighted by Gasteiger charge is 2.47. The maximum atomic E-state index is 14.6. The molecule has 2 aromatic carbocycles. The van der Waals surface area contributed by atoms with Gasteiger partial charge in [-0.05, 0) is 17.5 Å². The fourth-order valence-corrected chi connectivity index (χ4v) is 4.09. The van der Waals surface area contributed by atoms with E-state index in [1.807, 2.05) is 17.5 Å². The van der Waals surface area contributed by atoms with Crippen molar-refractivity contribution in [2.24, 2.45) is 0 Å². The summed E-state index contributed by atoms with van der Waals surface area (Å²) in [6.45, 7) is 0.160. The molecule has 1 fully saturated rings. The summed E-state index contributed by atoms with van der Waals surface area (Å²) in [7, 11) is 0. The highest BCUT2D eigenvalue weighted by molar-refractivity contribution is 7.09. The van der Waals surface area contributed by atoms with Gasteiger partial charge < -0.3 is 10.0 Å². The van der Waals surface area contributed by atoms with Crippen LogP contribution in [0.1, 0.15) is 22.0 Å². The monoisotopic (exact) mass is 393 g/mol. The lowest BCUT2D eigenvalue weighted by Crippen LogP contribution is -2.29. The van der Waals surface area contributed by atoms with Crippen LogP contribution in [0.15, 0.2) is 77.7 Å². The Morgan fingerprint density at radius 3 is 2.39 bits per heavy atom. The number of rotatable bonds is 4. The third kappa shape index (κ3) is 3.12. The van der Waals surface area contributed by atoms with Gasteiger partial charge in [0.15, 0.2) is 0 Å². The maximum Gasteiger partial charge on any atom is 0.295 e. The number of Topliss-reactive ketones (excluding diaryl/α,β-unsaturated/α-hetero) is 1. The van der Waals surface area contributed by atoms with Crippen LogP contribution in [0.25, 0.3) is 5.76 Å². The molecule has 0 bridgehead atoms. The van der Waals surface area contributed by atoms with E-state index in [1.54, 1.807) is 42.5 Å². The summed E-state index contributed by atoms with van der Waals surface area (Å²) in [5, 5.41) is 12.7. The molecule has 3 aromatic rings. The number of hydrogen-bond acceptors (Lipinski definition) is 4. The van der Waals surface area contributed by atoms with Crippen LogP contribution in [-0.4, -0.2) is 21.7 Å². The highest BCUT2D eigenvalue weighted by atomic mass is 32.1. The van der Waals surface area contributed by atoms with E-state index in [0.717, 1.165) is 4.88 Å². The van der Waals surface area contributed by atoms with E-state index in [2.05, 4.69) is 0 Å². The van der Waals surface area contributed by atoms with Crippen molar-refractivity contribution in [2.45, 2.75) is 12.6 Å². The first-order valence-corrected chi connectivity index (χ1v) is 9.56. The molecule has 4 nitrogen and oxygen atoms in total. The van der Waals surface area contributed by atoms with E-state index < -0.39 is 23.5 Å². The normalized spacial score (nSPS) is 18.6. The van der Waals surface area contributed by atoms with Gasteiger partial charge in [0.25, 0.3) is 11.7 Å². The van der Waals surface area contributed by atoms with Crippen LogP contribution >= 0.6 is 11.3 Å². The average molecular weight is 393 g/mol. The zero-order valence-corrected chi connectivity index (χ0v) is 15.5. The minimum absolute atomic E-state index is 0.0992. The van der Waals surface area contributed by atoms with Crippen LogP contribution in [0.4, 0.5) is 4.39 Å². The van der Waals surface area contributed by atoms with Gasteiger partial charge in [-0.3, -0.25) is 9.59 Å². The largest absolute Gasteiger partial charge is 0.507 e. The van der Waals surface area contributed by atoms with E-state index in [9.17, 15) is 19.1 Å². The van der Waals surface area contributed by atoms with Crippen molar-refractivity contribution in [2.75, 3.05) is 0 Å². The number of hydrogen-bond donors (Lipinski definition) is 1. The Labute approximate surface area is 165 Å². The number of likely N-dealkylation sites (tertiary alicyclic amines) is 1. The summed E-state index contributed by atoms with van der Waals surface area (Å²) in [4.78, 5) is 27.8. The van der Waals surface area contributed by atoms with Crippen LogP contribution < -0.4 is 0 Å². The zero-order chi connectivity index (χ0) is 19.7. The molecule has 1 N–H and O–H groups in total. The molecule has 6 heteroatoms. The van der Waals surface area contributed by atoms with Gasteiger partial charge >= 0.3 is 0 Å². The molecule has 1 aliphatic heterocycles. The second kappa shape index (κ2) is 7.40. The van der Waals surface area contributed by atoms with Gasteiger partial charge in [-0.1, -0.05) is 54.6 Å². The minimum atomic E-state index is -0.997. The first-order valence-electron chi connectivity index (χ1n) is 8.68. The molecule has 1 aromatic heterocycles. The summed E-state index contributed by atoms with van der Waals surface area (Å²) in [6.07, 6.45) is 0. The number of aliphatic hydroxyl groups excluding tert-OH is 1. The third-order valence-corrected chi connectivity index (χ3v) is 5.55. The van der Waals surface area contributed by atoms with Crippen molar-refractivity contribution in [3.05, 3.63) is 99.5 Å². The number of carbonyl (C=O) groups is 2. The Morgan fingerprint density at radius 1 is 1.00 bits per heavy atom. The molecule has 0 aliphatic carbocycles. The molecular weight excluding hydrogens is 377 g/mol. The van der Waals surface area contributed by atoms with E-state index in [4.69, 9.17) is 0 Å². The lowest BCUT2D eigenvalue weighted by Gasteiger charge is -2.25. The van der Waals surface area contributed by atoms with Gasteiger partial charge in [-0.2, -0.15) is 0 Å². The maximum absolute atomic E-state index is 14.6. The van der Waals surface area contributed by atoms with Gasteiger partial charge in [0.1, 0.15) is 11.6 Å². The number of nitrogens with zero attached hydrogens (tertiary/aromatic N) is 1. The van der Waals surface area contributed by atoms with Crippen molar-refractivity contribution in [1.29, 1.82) is 0 Å². The van der Waals surface area contributed by atoms with E-state index in [0.29, 0.717) is 5.56 Å². The molecule has 1 aliphatic rings. The molecule has 1 amide bonds. The predicted octanol–water partition coefficient (Wildman–Crippen LogP) is 4.51. The number of amides is 1. The number of halogens is 1.